The Balaban J connectivity index is 0.000000304. The summed E-state index contributed by atoms with van der Waals surface area (Å²) in [6.07, 6.45) is 1.38. The minimum absolute atomic E-state index is 0.208. The van der Waals surface area contributed by atoms with Crippen LogP contribution in [0.15, 0.2) is 0 Å². The predicted molar refractivity (Wildman–Crippen MR) is 63.2 cm³/mol. The summed E-state index contributed by atoms with van der Waals surface area (Å²) < 4.78 is 28.1. The molecule has 0 unspecified atom stereocenters. The lowest BCUT2D eigenvalue weighted by Gasteiger charge is -2.32. The summed E-state index contributed by atoms with van der Waals surface area (Å²) in [5, 5.41) is 0. The third-order valence-corrected chi connectivity index (χ3v) is 2.51. The van der Waals surface area contributed by atoms with E-state index in [4.69, 9.17) is 0 Å². The molecule has 0 saturated heterocycles. The van der Waals surface area contributed by atoms with Crippen molar-refractivity contribution in [1.29, 1.82) is 0 Å². The van der Waals surface area contributed by atoms with Crippen molar-refractivity contribution in [3.63, 3.8) is 0 Å². The van der Waals surface area contributed by atoms with Crippen molar-refractivity contribution in [3.8, 4) is 0 Å². The summed E-state index contributed by atoms with van der Waals surface area (Å²) in [6.45, 7) is 7.12. The van der Waals surface area contributed by atoms with E-state index in [2.05, 4.69) is 30.5 Å². The molecule has 0 bridgehead atoms. The molecule has 0 aromatic rings. The van der Waals surface area contributed by atoms with Gasteiger partial charge in [-0.3, -0.25) is 4.79 Å². The molecule has 0 atom stereocenters. The number of hydrogen-bond donors (Lipinski definition) is 0. The first kappa shape index (κ1) is 16.3. The number of carbonyl (C=O) groups excluding carboxylic acids is 1. The molecule has 1 aliphatic rings. The van der Waals surface area contributed by atoms with Crippen molar-refractivity contribution in [2.45, 2.75) is 51.6 Å². The summed E-state index contributed by atoms with van der Waals surface area (Å²) in [7, 11) is 2.17. The van der Waals surface area contributed by atoms with Crippen molar-refractivity contribution in [1.82, 2.24) is 4.90 Å². The molecule has 3 nitrogen and oxygen atoms in total. The molecule has 102 valence electrons. The average molecular weight is 251 g/mol. The number of alkyl halides is 2. The number of halogens is 2. The molecular formula is C12H23F2NO2. The second-order valence-electron chi connectivity index (χ2n) is 4.42. The fourth-order valence-electron chi connectivity index (χ4n) is 1.66. The Bertz CT molecular complexity index is 199. The van der Waals surface area contributed by atoms with Crippen LogP contribution in [0.2, 0.25) is 0 Å². The van der Waals surface area contributed by atoms with Gasteiger partial charge in [-0.2, -0.15) is 0 Å². The fourth-order valence-corrected chi connectivity index (χ4v) is 1.66. The zero-order valence-corrected chi connectivity index (χ0v) is 10.9. The molecule has 17 heavy (non-hydrogen) atoms. The average Bonchev–Trinajstić information content (AvgIpc) is 2.17. The Morgan fingerprint density at radius 2 is 1.76 bits per heavy atom. The van der Waals surface area contributed by atoms with Gasteiger partial charge in [-0.1, -0.05) is 13.8 Å². The summed E-state index contributed by atoms with van der Waals surface area (Å²) >= 11 is 0. The molecule has 0 heterocycles. The van der Waals surface area contributed by atoms with Gasteiger partial charge in [0.25, 0.3) is 12.4 Å². The zero-order valence-electron chi connectivity index (χ0n) is 10.9. The topological polar surface area (TPSA) is 29.5 Å². The predicted octanol–water partition coefficient (Wildman–Crippen LogP) is 2.70. The minimum Gasteiger partial charge on any atom is -0.464 e. The smallest absolute Gasteiger partial charge is 0.293 e. The normalized spacial score (nSPS) is 18.0. The van der Waals surface area contributed by atoms with Crippen molar-refractivity contribution in [2.75, 3.05) is 20.1 Å². The highest BCUT2D eigenvalue weighted by atomic mass is 19.3. The maximum absolute atomic E-state index is 11.9. The summed E-state index contributed by atoms with van der Waals surface area (Å²) in [6, 6.07) is 0. The van der Waals surface area contributed by atoms with Gasteiger partial charge in [-0.25, -0.2) is 8.78 Å². The maximum Gasteiger partial charge on any atom is 0.293 e. The van der Waals surface area contributed by atoms with E-state index in [0.29, 0.717) is 0 Å². The highest BCUT2D eigenvalue weighted by Gasteiger charge is 2.46. The Labute approximate surface area is 102 Å². The second kappa shape index (κ2) is 8.39. The van der Waals surface area contributed by atoms with Gasteiger partial charge >= 0.3 is 0 Å². The van der Waals surface area contributed by atoms with Crippen LogP contribution in [0.25, 0.3) is 0 Å². The summed E-state index contributed by atoms with van der Waals surface area (Å²) in [5.74, 6) is -2.59. The Morgan fingerprint density at radius 1 is 1.29 bits per heavy atom. The second-order valence-corrected chi connectivity index (χ2v) is 4.42. The first-order valence-corrected chi connectivity index (χ1v) is 6.10. The molecule has 1 fully saturated rings. The lowest BCUT2D eigenvalue weighted by Crippen LogP contribution is -2.41. The largest absolute Gasteiger partial charge is 0.464 e. The maximum atomic E-state index is 11.9. The molecule has 0 spiro atoms. The van der Waals surface area contributed by atoms with Crippen LogP contribution >= 0.6 is 0 Å². The quantitative estimate of drug-likeness (QED) is 0.680. The van der Waals surface area contributed by atoms with E-state index in [0.717, 1.165) is 0 Å². The summed E-state index contributed by atoms with van der Waals surface area (Å²) in [4.78, 5) is 11.9. The fraction of sp³-hybridized carbons (Fsp3) is 0.917. The monoisotopic (exact) mass is 251 g/mol. The number of rotatable bonds is 6. The van der Waals surface area contributed by atoms with Gasteiger partial charge in [0.1, 0.15) is 6.10 Å². The van der Waals surface area contributed by atoms with Gasteiger partial charge in [0, 0.05) is 12.8 Å². The van der Waals surface area contributed by atoms with Gasteiger partial charge in [0.2, 0.25) is 0 Å². The van der Waals surface area contributed by atoms with E-state index >= 15 is 0 Å². The number of ether oxygens (including phenoxy) is 1. The van der Waals surface area contributed by atoms with E-state index < -0.39 is 12.0 Å². The van der Waals surface area contributed by atoms with Gasteiger partial charge < -0.3 is 9.64 Å². The van der Waals surface area contributed by atoms with E-state index in [1.54, 1.807) is 0 Å². The highest BCUT2D eigenvalue weighted by molar-refractivity contribution is 5.37. The molecule has 5 heteroatoms. The molecule has 1 aliphatic carbocycles. The Kier molecular flexibility index (Phi) is 8.04. The lowest BCUT2D eigenvalue weighted by atomic mass is 9.91. The van der Waals surface area contributed by atoms with E-state index in [-0.39, 0.29) is 19.3 Å². The zero-order chi connectivity index (χ0) is 13.3. The summed E-state index contributed by atoms with van der Waals surface area (Å²) in [5.41, 5.74) is 0. The van der Waals surface area contributed by atoms with Crippen LogP contribution in [0.4, 0.5) is 8.78 Å². The van der Waals surface area contributed by atoms with Crippen molar-refractivity contribution >= 4 is 6.47 Å². The van der Waals surface area contributed by atoms with Crippen molar-refractivity contribution in [2.24, 2.45) is 0 Å². The third kappa shape index (κ3) is 8.07. The van der Waals surface area contributed by atoms with Crippen LogP contribution in [-0.4, -0.2) is 43.5 Å². The molecule has 0 aromatic carbocycles. The molecule has 1 rings (SSSR count). The number of nitrogens with zero attached hydrogens (tertiary/aromatic N) is 1. The van der Waals surface area contributed by atoms with E-state index in [1.807, 2.05) is 0 Å². The molecule has 0 radical (unpaired) electrons. The number of hydrogen-bond acceptors (Lipinski definition) is 3. The van der Waals surface area contributed by atoms with Gasteiger partial charge in [0.05, 0.1) is 0 Å². The van der Waals surface area contributed by atoms with E-state index in [9.17, 15) is 13.6 Å². The van der Waals surface area contributed by atoms with Crippen LogP contribution in [0.3, 0.4) is 0 Å². The van der Waals surface area contributed by atoms with Gasteiger partial charge in [-0.05, 0) is 33.0 Å². The third-order valence-electron chi connectivity index (χ3n) is 2.51. The number of carbonyl (C=O) groups is 1. The SMILES string of the molecule is CCCN(C)CCC.O=COC1CC(F)(F)C1. The standard InChI is InChI=1S/C7H17N.C5H6F2O2/c1-4-6-8(3)7-5-2;6-5(7)1-4(2-5)9-3-8/h4-7H2,1-3H3;3-4H,1-2H2. The first-order chi connectivity index (χ1) is 7.95. The van der Waals surface area contributed by atoms with Crippen LogP contribution in [0, 0.1) is 0 Å². The molecular weight excluding hydrogens is 228 g/mol. The lowest BCUT2D eigenvalue weighted by molar-refractivity contribution is -0.171. The first-order valence-electron chi connectivity index (χ1n) is 6.10. The minimum atomic E-state index is -2.59. The van der Waals surface area contributed by atoms with Crippen molar-refractivity contribution < 1.29 is 18.3 Å². The van der Waals surface area contributed by atoms with Crippen molar-refractivity contribution in [3.05, 3.63) is 0 Å². The Morgan fingerprint density at radius 3 is 2.06 bits per heavy atom. The molecule has 0 aliphatic heterocycles. The van der Waals surface area contributed by atoms with Gasteiger partial charge in [-0.15, -0.1) is 0 Å². The molecule has 0 aromatic heterocycles. The van der Waals surface area contributed by atoms with Crippen LogP contribution in [0.1, 0.15) is 39.5 Å². The highest BCUT2D eigenvalue weighted by Crippen LogP contribution is 2.38. The molecule has 0 N–H and O–H groups in total. The van der Waals surface area contributed by atoms with E-state index in [1.165, 1.54) is 25.9 Å². The van der Waals surface area contributed by atoms with Crippen LogP contribution < -0.4 is 0 Å². The van der Waals surface area contributed by atoms with Crippen LogP contribution in [-0.2, 0) is 9.53 Å². The molecule has 0 amide bonds. The van der Waals surface area contributed by atoms with Crippen LogP contribution in [0.5, 0.6) is 0 Å². The Hall–Kier alpha value is -0.710. The molecule has 1 saturated carbocycles. The van der Waals surface area contributed by atoms with Gasteiger partial charge in [0.15, 0.2) is 0 Å².